The van der Waals surface area contributed by atoms with Crippen LogP contribution in [-0.4, -0.2) is 17.3 Å². The van der Waals surface area contributed by atoms with Gasteiger partial charge in [0, 0.05) is 6.21 Å². The number of carboxylic acids is 1. The van der Waals surface area contributed by atoms with Gasteiger partial charge in [0.25, 0.3) is 0 Å². The lowest BCUT2D eigenvalue weighted by atomic mass is 10.1. The number of carboxylic acid groups (broad SMARTS) is 1. The van der Waals surface area contributed by atoms with Gasteiger partial charge in [-0.15, -0.1) is 0 Å². The minimum Gasteiger partial charge on any atom is -0.478 e. The van der Waals surface area contributed by atoms with E-state index in [1.165, 1.54) is 18.3 Å². The molecule has 0 amide bonds. The van der Waals surface area contributed by atoms with Crippen molar-refractivity contribution >= 4 is 17.8 Å². The molecular formula is C13H10N2O2. The molecule has 0 aliphatic rings. The average Bonchev–Trinajstić information content (AvgIpc) is 2.35. The van der Waals surface area contributed by atoms with Gasteiger partial charge in [0.05, 0.1) is 5.56 Å². The molecule has 84 valence electrons. The van der Waals surface area contributed by atoms with Crippen LogP contribution in [0.3, 0.4) is 0 Å². The van der Waals surface area contributed by atoms with Crippen LogP contribution in [0.25, 0.3) is 5.57 Å². The molecule has 4 nitrogen and oxygen atoms in total. The Bertz CT molecular complexity index is 534. The molecule has 1 aromatic carbocycles. The molecule has 0 bridgehead atoms. The molecule has 1 N–H and O–H groups in total. The summed E-state index contributed by atoms with van der Waals surface area (Å²) in [6, 6.07) is 8.01. The Morgan fingerprint density at radius 1 is 1.29 bits per heavy atom. The fourth-order valence-corrected chi connectivity index (χ4v) is 1.09. The second kappa shape index (κ2) is 5.42. The van der Waals surface area contributed by atoms with Crippen LogP contribution in [0.1, 0.15) is 15.9 Å². The number of nitrogens with zero attached hydrogens (tertiary/aromatic N) is 2. The summed E-state index contributed by atoms with van der Waals surface area (Å²) in [5.41, 5.74) is 1.62. The Balaban J connectivity index is 2.84. The molecule has 0 heterocycles. The van der Waals surface area contributed by atoms with Gasteiger partial charge in [-0.1, -0.05) is 25.3 Å². The molecule has 0 radical (unpaired) electrons. The lowest BCUT2D eigenvalue weighted by molar-refractivity contribution is 0.0697. The molecule has 0 atom stereocenters. The summed E-state index contributed by atoms with van der Waals surface area (Å²) in [7, 11) is 0. The lowest BCUT2D eigenvalue weighted by Crippen LogP contribution is -1.95. The predicted molar refractivity (Wildman–Crippen MR) is 65.7 cm³/mol. The number of benzene rings is 1. The Hall–Kier alpha value is -2.67. The third-order valence-electron chi connectivity index (χ3n) is 2.01. The summed E-state index contributed by atoms with van der Waals surface area (Å²) < 4.78 is 0. The van der Waals surface area contributed by atoms with Crippen LogP contribution in [0, 0.1) is 11.3 Å². The number of rotatable bonds is 4. The van der Waals surface area contributed by atoms with Gasteiger partial charge in [0.2, 0.25) is 0 Å². The minimum absolute atomic E-state index is 0.0910. The first-order chi connectivity index (χ1) is 8.04. The van der Waals surface area contributed by atoms with Crippen molar-refractivity contribution in [2.24, 2.45) is 4.99 Å². The van der Waals surface area contributed by atoms with Crippen LogP contribution in [0.15, 0.2) is 48.1 Å². The van der Waals surface area contributed by atoms with Crippen molar-refractivity contribution in [3.8, 4) is 6.07 Å². The highest BCUT2D eigenvalue weighted by Gasteiger charge is 2.02. The molecule has 0 fully saturated rings. The zero-order chi connectivity index (χ0) is 12.8. The van der Waals surface area contributed by atoms with Gasteiger partial charge < -0.3 is 5.11 Å². The highest BCUT2D eigenvalue weighted by molar-refractivity contribution is 6.09. The molecule has 0 saturated heterocycles. The summed E-state index contributed by atoms with van der Waals surface area (Å²) in [5.74, 6) is -0.978. The Morgan fingerprint density at radius 3 is 2.29 bits per heavy atom. The van der Waals surface area contributed by atoms with Crippen LogP contribution in [-0.2, 0) is 0 Å². The molecule has 4 heteroatoms. The molecule has 1 rings (SSSR count). The van der Waals surface area contributed by atoms with Gasteiger partial charge >= 0.3 is 5.97 Å². The first-order valence-corrected chi connectivity index (χ1v) is 4.70. The van der Waals surface area contributed by atoms with E-state index in [1.807, 2.05) is 0 Å². The highest BCUT2D eigenvalue weighted by atomic mass is 16.4. The number of hydrogen-bond acceptors (Lipinski definition) is 3. The maximum absolute atomic E-state index is 10.6. The van der Waals surface area contributed by atoms with E-state index in [4.69, 9.17) is 10.4 Å². The largest absolute Gasteiger partial charge is 0.478 e. The number of aliphatic imine (C=N–C) groups is 1. The van der Waals surface area contributed by atoms with Gasteiger partial charge in [0.1, 0.15) is 11.8 Å². The second-order valence-corrected chi connectivity index (χ2v) is 3.22. The number of allylic oxidation sites excluding steroid dienone is 2. The van der Waals surface area contributed by atoms with Crippen molar-refractivity contribution in [1.82, 2.24) is 0 Å². The zero-order valence-electron chi connectivity index (χ0n) is 9.05. The van der Waals surface area contributed by atoms with Crippen LogP contribution < -0.4 is 0 Å². The number of hydrogen-bond donors (Lipinski definition) is 1. The molecule has 0 aliphatic heterocycles. The Kier molecular flexibility index (Phi) is 3.96. The number of nitriles is 1. The van der Waals surface area contributed by atoms with Crippen LogP contribution in [0.2, 0.25) is 0 Å². The summed E-state index contributed by atoms with van der Waals surface area (Å²) in [4.78, 5) is 14.4. The minimum atomic E-state index is -0.978. The normalized spacial score (nSPS) is 9.82. The third-order valence-corrected chi connectivity index (χ3v) is 2.01. The summed E-state index contributed by atoms with van der Waals surface area (Å²) in [6.45, 7) is 7.16. The standard InChI is InChI=1S/C13H10N2O2/c1-9(8-15-10(2)7-14)11-3-5-12(6-4-11)13(16)17/h3-6,8H,1-2H2,(H,16,17). The van der Waals surface area contributed by atoms with Crippen LogP contribution >= 0.6 is 0 Å². The molecule has 0 aromatic heterocycles. The van der Waals surface area contributed by atoms with E-state index >= 15 is 0 Å². The average molecular weight is 226 g/mol. The maximum Gasteiger partial charge on any atom is 0.335 e. The Labute approximate surface area is 98.9 Å². The highest BCUT2D eigenvalue weighted by Crippen LogP contribution is 2.12. The summed E-state index contributed by atoms with van der Waals surface area (Å²) >= 11 is 0. The molecule has 1 aromatic rings. The monoisotopic (exact) mass is 226 g/mol. The van der Waals surface area contributed by atoms with Gasteiger partial charge in [-0.3, -0.25) is 0 Å². The van der Waals surface area contributed by atoms with Crippen molar-refractivity contribution in [2.45, 2.75) is 0 Å². The summed E-state index contributed by atoms with van der Waals surface area (Å²) in [6.07, 6.45) is 1.42. The topological polar surface area (TPSA) is 73.5 Å². The fourth-order valence-electron chi connectivity index (χ4n) is 1.09. The van der Waals surface area contributed by atoms with Gasteiger partial charge in [0.15, 0.2) is 0 Å². The SMILES string of the molecule is C=C(C#N)N=CC(=C)c1ccc(C(=O)O)cc1. The molecule has 0 unspecified atom stereocenters. The van der Waals surface area contributed by atoms with Crippen LogP contribution in [0.4, 0.5) is 0 Å². The van der Waals surface area contributed by atoms with Crippen molar-refractivity contribution in [2.75, 3.05) is 0 Å². The molecule has 17 heavy (non-hydrogen) atoms. The fraction of sp³-hybridized carbons (Fsp3) is 0. The van der Waals surface area contributed by atoms with E-state index in [9.17, 15) is 4.79 Å². The number of aromatic carboxylic acids is 1. The van der Waals surface area contributed by atoms with E-state index in [2.05, 4.69) is 18.2 Å². The van der Waals surface area contributed by atoms with Gasteiger partial charge in [-0.05, 0) is 23.3 Å². The third kappa shape index (κ3) is 3.43. The van der Waals surface area contributed by atoms with E-state index in [1.54, 1.807) is 18.2 Å². The molecule has 0 saturated carbocycles. The van der Waals surface area contributed by atoms with E-state index in [-0.39, 0.29) is 11.3 Å². The van der Waals surface area contributed by atoms with Gasteiger partial charge in [-0.25, -0.2) is 9.79 Å². The first kappa shape index (κ1) is 12.4. The zero-order valence-corrected chi connectivity index (χ0v) is 9.05. The lowest BCUT2D eigenvalue weighted by Gasteiger charge is -2.00. The maximum atomic E-state index is 10.6. The second-order valence-electron chi connectivity index (χ2n) is 3.22. The Morgan fingerprint density at radius 2 is 1.82 bits per heavy atom. The summed E-state index contributed by atoms with van der Waals surface area (Å²) in [5, 5.41) is 17.2. The van der Waals surface area contributed by atoms with Crippen molar-refractivity contribution in [3.05, 3.63) is 54.2 Å². The van der Waals surface area contributed by atoms with E-state index in [0.717, 1.165) is 5.56 Å². The predicted octanol–water partition coefficient (Wildman–Crippen LogP) is 2.51. The first-order valence-electron chi connectivity index (χ1n) is 4.70. The van der Waals surface area contributed by atoms with E-state index in [0.29, 0.717) is 5.57 Å². The molecular weight excluding hydrogens is 216 g/mol. The van der Waals surface area contributed by atoms with E-state index < -0.39 is 5.97 Å². The number of carbonyl (C=O) groups is 1. The van der Waals surface area contributed by atoms with Crippen LogP contribution in [0.5, 0.6) is 0 Å². The van der Waals surface area contributed by atoms with Crippen molar-refractivity contribution < 1.29 is 9.90 Å². The van der Waals surface area contributed by atoms with Crippen molar-refractivity contribution in [1.29, 1.82) is 5.26 Å². The quantitative estimate of drug-likeness (QED) is 0.633. The molecule has 0 aliphatic carbocycles. The molecule has 0 spiro atoms. The smallest absolute Gasteiger partial charge is 0.335 e. The van der Waals surface area contributed by atoms with Gasteiger partial charge in [-0.2, -0.15) is 5.26 Å². The van der Waals surface area contributed by atoms with Crippen molar-refractivity contribution in [3.63, 3.8) is 0 Å².